The molecule has 1 aliphatic rings. The lowest BCUT2D eigenvalue weighted by atomic mass is 10.2. The third-order valence-electron chi connectivity index (χ3n) is 6.26. The van der Waals surface area contributed by atoms with E-state index < -0.39 is 0 Å². The van der Waals surface area contributed by atoms with Crippen LogP contribution < -0.4 is 15.2 Å². The number of ether oxygens (including phenoxy) is 1. The Morgan fingerprint density at radius 3 is 2.50 bits per heavy atom. The van der Waals surface area contributed by atoms with E-state index in [4.69, 9.17) is 9.72 Å². The fourth-order valence-corrected chi connectivity index (χ4v) is 5.12. The minimum Gasteiger partial charge on any atom is -0.495 e. The standard InChI is InChI=1S/C25H33N5O3S/c1-17(2)15-30-24(32)23-19(26-25(30)34-5)14-18(3)29(23)16-22(31)28-12-10-27(11-13-28)20-8-6-7-9-21(20)33-4/h6-9,14,17H,10-13,15-16H2,1-5H3. The van der Waals surface area contributed by atoms with Crippen LogP contribution in [-0.4, -0.2) is 64.5 Å². The average molecular weight is 484 g/mol. The fraction of sp³-hybridized carbons (Fsp3) is 0.480. The number of methoxy groups -OCH3 is 1. The number of hydrogen-bond donors (Lipinski definition) is 0. The Kier molecular flexibility index (Phi) is 7.21. The number of amides is 1. The number of carbonyl (C=O) groups excluding carboxylic acids is 1. The molecule has 1 amide bonds. The SMILES string of the molecule is COc1ccccc1N1CCN(C(=O)Cn2c(C)cc3nc(SC)n(CC(C)C)c(=O)c32)CC1. The van der Waals surface area contributed by atoms with Crippen molar-refractivity contribution in [3.63, 3.8) is 0 Å². The summed E-state index contributed by atoms with van der Waals surface area (Å²) in [7, 11) is 1.68. The zero-order chi connectivity index (χ0) is 24.4. The second-order valence-electron chi connectivity index (χ2n) is 9.05. The molecule has 1 aliphatic heterocycles. The van der Waals surface area contributed by atoms with Crippen molar-refractivity contribution >= 4 is 34.4 Å². The van der Waals surface area contributed by atoms with E-state index in [1.54, 1.807) is 11.7 Å². The molecular formula is C25H33N5O3S. The van der Waals surface area contributed by atoms with E-state index in [2.05, 4.69) is 18.7 Å². The van der Waals surface area contributed by atoms with Crippen molar-refractivity contribution in [2.24, 2.45) is 5.92 Å². The van der Waals surface area contributed by atoms with Gasteiger partial charge in [0.1, 0.15) is 17.8 Å². The van der Waals surface area contributed by atoms with Gasteiger partial charge in [0.2, 0.25) is 5.91 Å². The first-order valence-electron chi connectivity index (χ1n) is 11.6. The normalized spacial score (nSPS) is 14.3. The van der Waals surface area contributed by atoms with Crippen LogP contribution >= 0.6 is 11.8 Å². The number of thioether (sulfide) groups is 1. The molecule has 1 aromatic carbocycles. The Balaban J connectivity index is 1.54. The first-order valence-corrected chi connectivity index (χ1v) is 12.9. The second kappa shape index (κ2) is 10.1. The number of aryl methyl sites for hydroxylation is 1. The molecule has 1 saturated heterocycles. The van der Waals surface area contributed by atoms with Crippen molar-refractivity contribution in [2.75, 3.05) is 44.4 Å². The molecule has 0 bridgehead atoms. The molecule has 3 heterocycles. The van der Waals surface area contributed by atoms with E-state index in [9.17, 15) is 9.59 Å². The van der Waals surface area contributed by atoms with Crippen LogP contribution in [0.2, 0.25) is 0 Å². The Bertz CT molecular complexity index is 1240. The molecular weight excluding hydrogens is 450 g/mol. The lowest BCUT2D eigenvalue weighted by Crippen LogP contribution is -2.49. The third kappa shape index (κ3) is 4.66. The molecule has 0 atom stereocenters. The van der Waals surface area contributed by atoms with E-state index in [1.165, 1.54) is 11.8 Å². The van der Waals surface area contributed by atoms with Gasteiger partial charge in [0.25, 0.3) is 5.56 Å². The van der Waals surface area contributed by atoms with Crippen LogP contribution in [-0.2, 0) is 17.9 Å². The molecule has 0 radical (unpaired) electrons. The Hall–Kier alpha value is -2.94. The van der Waals surface area contributed by atoms with Crippen LogP contribution in [0.25, 0.3) is 11.0 Å². The van der Waals surface area contributed by atoms with Crippen molar-refractivity contribution in [3.8, 4) is 5.75 Å². The zero-order valence-corrected chi connectivity index (χ0v) is 21.4. The Labute approximate surface area is 204 Å². The number of rotatable bonds is 7. The highest BCUT2D eigenvalue weighted by atomic mass is 32.2. The first kappa shape index (κ1) is 24.2. The lowest BCUT2D eigenvalue weighted by molar-refractivity contribution is -0.132. The molecule has 9 heteroatoms. The maximum absolute atomic E-state index is 13.4. The molecule has 0 N–H and O–H groups in total. The van der Waals surface area contributed by atoms with E-state index in [0.717, 1.165) is 30.2 Å². The molecule has 4 rings (SSSR count). The van der Waals surface area contributed by atoms with Crippen LogP contribution in [0.3, 0.4) is 0 Å². The molecule has 0 spiro atoms. The van der Waals surface area contributed by atoms with Crippen LogP contribution in [0.4, 0.5) is 5.69 Å². The summed E-state index contributed by atoms with van der Waals surface area (Å²) in [4.78, 5) is 35.6. The predicted molar refractivity (Wildman–Crippen MR) is 137 cm³/mol. The van der Waals surface area contributed by atoms with Gasteiger partial charge in [-0.3, -0.25) is 14.2 Å². The van der Waals surface area contributed by atoms with E-state index in [0.29, 0.717) is 41.7 Å². The van der Waals surface area contributed by atoms with Gasteiger partial charge in [0.05, 0.1) is 18.3 Å². The summed E-state index contributed by atoms with van der Waals surface area (Å²) < 4.78 is 9.07. The van der Waals surface area contributed by atoms with Crippen molar-refractivity contribution < 1.29 is 9.53 Å². The van der Waals surface area contributed by atoms with E-state index in [-0.39, 0.29) is 18.0 Å². The summed E-state index contributed by atoms with van der Waals surface area (Å²) in [5.74, 6) is 1.17. The van der Waals surface area contributed by atoms with Crippen LogP contribution in [0.1, 0.15) is 19.5 Å². The Morgan fingerprint density at radius 1 is 1.15 bits per heavy atom. The van der Waals surface area contributed by atoms with Gasteiger partial charge in [-0.1, -0.05) is 37.7 Å². The molecule has 2 aromatic heterocycles. The number of aromatic nitrogens is 3. The highest BCUT2D eigenvalue weighted by Gasteiger charge is 2.25. The molecule has 34 heavy (non-hydrogen) atoms. The molecule has 0 saturated carbocycles. The molecule has 0 aliphatic carbocycles. The van der Waals surface area contributed by atoms with Crippen LogP contribution in [0.5, 0.6) is 5.75 Å². The average Bonchev–Trinajstić information content (AvgIpc) is 3.15. The van der Waals surface area contributed by atoms with Crippen molar-refractivity contribution in [1.29, 1.82) is 0 Å². The summed E-state index contributed by atoms with van der Waals surface area (Å²) in [6, 6.07) is 9.86. The number of para-hydroxylation sites is 2. The highest BCUT2D eigenvalue weighted by Crippen LogP contribution is 2.28. The maximum atomic E-state index is 13.4. The topological polar surface area (TPSA) is 72.6 Å². The number of fused-ring (bicyclic) bond motifs is 1. The molecule has 3 aromatic rings. The van der Waals surface area contributed by atoms with Crippen LogP contribution in [0, 0.1) is 12.8 Å². The molecule has 1 fully saturated rings. The highest BCUT2D eigenvalue weighted by molar-refractivity contribution is 7.98. The van der Waals surface area contributed by atoms with Crippen molar-refractivity contribution in [3.05, 3.63) is 46.4 Å². The van der Waals surface area contributed by atoms with Gasteiger partial charge in [0.15, 0.2) is 5.16 Å². The van der Waals surface area contributed by atoms with Gasteiger partial charge < -0.3 is 19.1 Å². The van der Waals surface area contributed by atoms with Gasteiger partial charge in [-0.15, -0.1) is 0 Å². The minimum atomic E-state index is -0.0788. The molecule has 0 unspecified atom stereocenters. The third-order valence-corrected chi connectivity index (χ3v) is 6.94. The van der Waals surface area contributed by atoms with Gasteiger partial charge in [-0.05, 0) is 37.3 Å². The van der Waals surface area contributed by atoms with Gasteiger partial charge >= 0.3 is 0 Å². The molecule has 182 valence electrons. The maximum Gasteiger partial charge on any atom is 0.278 e. The number of anilines is 1. The largest absolute Gasteiger partial charge is 0.495 e. The van der Waals surface area contributed by atoms with Crippen molar-refractivity contribution in [1.82, 2.24) is 19.0 Å². The van der Waals surface area contributed by atoms with Crippen LogP contribution in [0.15, 0.2) is 40.3 Å². The summed E-state index contributed by atoms with van der Waals surface area (Å²) >= 11 is 1.47. The fourth-order valence-electron chi connectivity index (χ4n) is 4.56. The zero-order valence-electron chi connectivity index (χ0n) is 20.6. The van der Waals surface area contributed by atoms with Gasteiger partial charge in [-0.2, -0.15) is 0 Å². The number of carbonyl (C=O) groups is 1. The van der Waals surface area contributed by atoms with Gasteiger partial charge in [-0.25, -0.2) is 4.98 Å². The smallest absolute Gasteiger partial charge is 0.278 e. The minimum absolute atomic E-state index is 0.0176. The number of piperazine rings is 1. The molecule has 8 nitrogen and oxygen atoms in total. The predicted octanol–water partition coefficient (Wildman–Crippen LogP) is 3.24. The summed E-state index contributed by atoms with van der Waals surface area (Å²) in [5.41, 5.74) is 3.00. The number of hydrogen-bond acceptors (Lipinski definition) is 6. The second-order valence-corrected chi connectivity index (χ2v) is 9.83. The first-order chi connectivity index (χ1) is 16.3. The van der Waals surface area contributed by atoms with E-state index in [1.807, 2.05) is 53.0 Å². The quantitative estimate of drug-likeness (QED) is 0.380. The number of nitrogens with zero attached hydrogens (tertiary/aromatic N) is 5. The lowest BCUT2D eigenvalue weighted by Gasteiger charge is -2.36. The number of benzene rings is 1. The van der Waals surface area contributed by atoms with Crippen molar-refractivity contribution in [2.45, 2.75) is 39.0 Å². The monoisotopic (exact) mass is 483 g/mol. The summed E-state index contributed by atoms with van der Waals surface area (Å²) in [6.45, 7) is 9.55. The van der Waals surface area contributed by atoms with Gasteiger partial charge in [0, 0.05) is 38.4 Å². The summed E-state index contributed by atoms with van der Waals surface area (Å²) in [5, 5.41) is 0.710. The summed E-state index contributed by atoms with van der Waals surface area (Å²) in [6.07, 6.45) is 1.93. The van der Waals surface area contributed by atoms with E-state index >= 15 is 0 Å². The Morgan fingerprint density at radius 2 is 1.85 bits per heavy atom.